The first kappa shape index (κ1) is 21.4. The van der Waals surface area contributed by atoms with E-state index in [2.05, 4.69) is 20.9 Å². The molecule has 2 N–H and O–H groups in total. The molecule has 1 amide bonds. The van der Waals surface area contributed by atoms with Gasteiger partial charge < -0.3 is 15.5 Å². The minimum Gasteiger partial charge on any atom is -0.495 e. The van der Waals surface area contributed by atoms with Crippen LogP contribution in [0.1, 0.15) is 11.6 Å². The number of amides is 1. The van der Waals surface area contributed by atoms with Crippen LogP contribution < -0.4 is 15.5 Å². The van der Waals surface area contributed by atoms with Crippen LogP contribution >= 0.6 is 23.4 Å². The van der Waals surface area contributed by atoms with E-state index in [-0.39, 0.29) is 5.91 Å². The predicted molar refractivity (Wildman–Crippen MR) is 130 cm³/mol. The molecule has 2 atom stereocenters. The third kappa shape index (κ3) is 4.27. The van der Waals surface area contributed by atoms with Crippen molar-refractivity contribution in [2.75, 3.05) is 17.9 Å². The molecule has 5 rings (SSSR count). The van der Waals surface area contributed by atoms with E-state index in [1.807, 2.05) is 77.5 Å². The first-order valence-electron chi connectivity index (χ1n) is 10.3. The van der Waals surface area contributed by atoms with Gasteiger partial charge in [-0.1, -0.05) is 78.0 Å². The number of nitrogens with one attached hydrogen (secondary N) is 2. The molecular formula is C24H20ClN5O2S. The van der Waals surface area contributed by atoms with Crippen molar-refractivity contribution in [2.24, 2.45) is 0 Å². The molecule has 166 valence electrons. The third-order valence-corrected chi connectivity index (χ3v) is 6.81. The second-order valence-electron chi connectivity index (χ2n) is 7.40. The Kier molecular flexibility index (Phi) is 5.93. The number of halogens is 1. The van der Waals surface area contributed by atoms with Gasteiger partial charge in [0.25, 0.3) is 0 Å². The van der Waals surface area contributed by atoms with Gasteiger partial charge in [-0.3, -0.25) is 4.79 Å². The fourth-order valence-electron chi connectivity index (χ4n) is 3.69. The smallest absolute Gasteiger partial charge is 0.240 e. The van der Waals surface area contributed by atoms with Crippen molar-refractivity contribution in [3.63, 3.8) is 0 Å². The molecule has 3 aromatic carbocycles. The molecule has 9 heteroatoms. The van der Waals surface area contributed by atoms with Gasteiger partial charge in [-0.2, -0.15) is 0 Å². The van der Waals surface area contributed by atoms with E-state index >= 15 is 0 Å². The molecule has 1 aromatic heterocycles. The van der Waals surface area contributed by atoms with Gasteiger partial charge in [0.05, 0.1) is 18.2 Å². The second-order valence-corrected chi connectivity index (χ2v) is 8.92. The zero-order valence-corrected chi connectivity index (χ0v) is 19.2. The topological polar surface area (TPSA) is 81.1 Å². The van der Waals surface area contributed by atoms with Crippen molar-refractivity contribution in [2.45, 2.75) is 16.4 Å². The molecule has 2 heterocycles. The summed E-state index contributed by atoms with van der Waals surface area (Å²) in [5.41, 5.74) is 5.95. The van der Waals surface area contributed by atoms with Gasteiger partial charge in [0.15, 0.2) is 5.82 Å². The summed E-state index contributed by atoms with van der Waals surface area (Å²) in [5, 5.41) is 12.3. The van der Waals surface area contributed by atoms with Crippen LogP contribution in [0, 0.1) is 0 Å². The Hall–Kier alpha value is -3.49. The van der Waals surface area contributed by atoms with E-state index in [0.29, 0.717) is 21.8 Å². The fourth-order valence-corrected chi connectivity index (χ4v) is 5.04. The number of nitrogens with zero attached hydrogens (tertiary/aromatic N) is 3. The highest BCUT2D eigenvalue weighted by Crippen LogP contribution is 2.40. The highest BCUT2D eigenvalue weighted by molar-refractivity contribution is 8.00. The van der Waals surface area contributed by atoms with Crippen LogP contribution in [0.5, 0.6) is 5.75 Å². The summed E-state index contributed by atoms with van der Waals surface area (Å²) < 4.78 is 7.13. The van der Waals surface area contributed by atoms with Crippen LogP contribution in [0.3, 0.4) is 0 Å². The van der Waals surface area contributed by atoms with E-state index in [9.17, 15) is 4.79 Å². The van der Waals surface area contributed by atoms with Gasteiger partial charge in [0.1, 0.15) is 11.0 Å². The number of carbonyl (C=O) groups excluding carboxylic acids is 1. The maximum Gasteiger partial charge on any atom is 0.240 e. The van der Waals surface area contributed by atoms with Crippen molar-refractivity contribution < 1.29 is 9.53 Å². The molecule has 0 saturated heterocycles. The Bertz CT molecular complexity index is 1280. The minimum atomic E-state index is -0.519. The number of para-hydroxylation sites is 1. The number of thioether (sulfide) groups is 1. The Labute approximate surface area is 200 Å². The molecule has 0 bridgehead atoms. The summed E-state index contributed by atoms with van der Waals surface area (Å²) >= 11 is 7.78. The molecule has 4 aromatic rings. The van der Waals surface area contributed by atoms with Gasteiger partial charge >= 0.3 is 0 Å². The number of aromatic nitrogens is 3. The number of methoxy groups -OCH3 is 1. The van der Waals surface area contributed by atoms with Crippen LogP contribution in [-0.4, -0.2) is 33.1 Å². The first-order valence-corrected chi connectivity index (χ1v) is 11.5. The first-order chi connectivity index (χ1) is 16.1. The van der Waals surface area contributed by atoms with Gasteiger partial charge in [-0.15, -0.1) is 10.2 Å². The largest absolute Gasteiger partial charge is 0.495 e. The molecule has 1 aliphatic rings. The lowest BCUT2D eigenvalue weighted by molar-refractivity contribution is -0.116. The molecular weight excluding hydrogens is 458 g/mol. The average molecular weight is 478 g/mol. The number of hydrogen-bond donors (Lipinski definition) is 2. The third-order valence-electron chi connectivity index (χ3n) is 5.30. The lowest BCUT2D eigenvalue weighted by atomic mass is 10.0. The van der Waals surface area contributed by atoms with E-state index in [1.54, 1.807) is 13.2 Å². The maximum absolute atomic E-state index is 13.4. The maximum atomic E-state index is 13.4. The van der Waals surface area contributed by atoms with Crippen LogP contribution in [0.4, 0.5) is 5.69 Å². The Morgan fingerprint density at radius 3 is 2.48 bits per heavy atom. The van der Waals surface area contributed by atoms with Gasteiger partial charge in [-0.25, -0.2) is 4.68 Å². The Balaban J connectivity index is 1.53. The number of ether oxygens (including phenoxy) is 1. The number of fused-ring (bicyclic) bond motifs is 1. The van der Waals surface area contributed by atoms with Gasteiger partial charge in [0.2, 0.25) is 11.1 Å². The molecule has 0 saturated carbocycles. The van der Waals surface area contributed by atoms with Crippen molar-refractivity contribution >= 4 is 35.0 Å². The SMILES string of the molecule is COc1ccc([C@@H]2Nn3c(nnc3-c3ccccc3)S[C@H]2C(=O)Nc2ccccc2)cc1Cl. The van der Waals surface area contributed by atoms with E-state index < -0.39 is 11.3 Å². The van der Waals surface area contributed by atoms with Crippen molar-refractivity contribution in [1.29, 1.82) is 0 Å². The van der Waals surface area contributed by atoms with Gasteiger partial charge in [0, 0.05) is 11.3 Å². The van der Waals surface area contributed by atoms with Crippen LogP contribution in [-0.2, 0) is 4.79 Å². The normalized spacial score (nSPS) is 17.0. The summed E-state index contributed by atoms with van der Waals surface area (Å²) in [7, 11) is 1.57. The second kappa shape index (κ2) is 9.17. The average Bonchev–Trinajstić information content (AvgIpc) is 3.27. The van der Waals surface area contributed by atoms with E-state index in [0.717, 1.165) is 16.8 Å². The Morgan fingerprint density at radius 2 is 1.79 bits per heavy atom. The monoisotopic (exact) mass is 477 g/mol. The zero-order valence-electron chi connectivity index (χ0n) is 17.6. The number of benzene rings is 3. The number of hydrogen-bond acceptors (Lipinski definition) is 6. The van der Waals surface area contributed by atoms with Crippen LogP contribution in [0.15, 0.2) is 84.0 Å². The number of carbonyl (C=O) groups is 1. The summed E-state index contributed by atoms with van der Waals surface area (Å²) in [6.07, 6.45) is 0. The van der Waals surface area contributed by atoms with E-state index in [4.69, 9.17) is 16.3 Å². The Morgan fingerprint density at radius 1 is 1.06 bits per heavy atom. The summed E-state index contributed by atoms with van der Waals surface area (Å²) in [6, 6.07) is 24.3. The quantitative estimate of drug-likeness (QED) is 0.421. The van der Waals surface area contributed by atoms with E-state index in [1.165, 1.54) is 11.8 Å². The molecule has 1 aliphatic heterocycles. The summed E-state index contributed by atoms with van der Waals surface area (Å²) in [6.45, 7) is 0. The van der Waals surface area contributed by atoms with Crippen LogP contribution in [0.2, 0.25) is 5.02 Å². The molecule has 0 unspecified atom stereocenters. The highest BCUT2D eigenvalue weighted by Gasteiger charge is 2.38. The highest BCUT2D eigenvalue weighted by atomic mass is 35.5. The predicted octanol–water partition coefficient (Wildman–Crippen LogP) is 5.00. The van der Waals surface area contributed by atoms with Gasteiger partial charge in [-0.05, 0) is 29.8 Å². The minimum absolute atomic E-state index is 0.147. The van der Waals surface area contributed by atoms with Crippen LogP contribution in [0.25, 0.3) is 11.4 Å². The van der Waals surface area contributed by atoms with Crippen molar-refractivity contribution in [1.82, 2.24) is 14.9 Å². The van der Waals surface area contributed by atoms with Crippen molar-refractivity contribution in [3.8, 4) is 17.1 Å². The summed E-state index contributed by atoms with van der Waals surface area (Å²) in [4.78, 5) is 13.4. The standard InChI is InChI=1S/C24H20ClN5O2S/c1-32-19-13-12-16(14-18(19)25)20-21(23(31)26-17-10-6-3-7-11-17)33-24-28-27-22(30(24)29-20)15-8-4-2-5-9-15/h2-14,20-21,29H,1H3,(H,26,31)/t20-,21+/m0/s1. The molecule has 0 fully saturated rings. The molecule has 0 spiro atoms. The molecule has 0 aliphatic carbocycles. The van der Waals surface area contributed by atoms with Crippen molar-refractivity contribution in [3.05, 3.63) is 89.4 Å². The lowest BCUT2D eigenvalue weighted by Crippen LogP contribution is -2.41. The fraction of sp³-hybridized carbons (Fsp3) is 0.125. The number of anilines is 1. The lowest BCUT2D eigenvalue weighted by Gasteiger charge is -2.33. The molecule has 0 radical (unpaired) electrons. The number of rotatable bonds is 5. The molecule has 7 nitrogen and oxygen atoms in total. The zero-order chi connectivity index (χ0) is 22.8. The molecule has 33 heavy (non-hydrogen) atoms. The summed E-state index contributed by atoms with van der Waals surface area (Å²) in [5.74, 6) is 1.10.